The third kappa shape index (κ3) is 3.79. The van der Waals surface area contributed by atoms with Crippen molar-refractivity contribution in [2.75, 3.05) is 37.0 Å². The lowest BCUT2D eigenvalue weighted by molar-refractivity contribution is -0.116. The van der Waals surface area contributed by atoms with Crippen LogP contribution in [0.1, 0.15) is 12.5 Å². The first-order valence-electron chi connectivity index (χ1n) is 8.70. The van der Waals surface area contributed by atoms with Crippen molar-refractivity contribution >= 4 is 23.3 Å². The minimum Gasteiger partial charge on any atom is -0.497 e. The first-order valence-corrected chi connectivity index (χ1v) is 8.70. The van der Waals surface area contributed by atoms with E-state index in [-0.39, 0.29) is 18.5 Å². The SMILES string of the molecule is CCc1ccccc1NC(=O)CN1CCN(c2ccc(OC)cc2)C1=O. The van der Waals surface area contributed by atoms with Gasteiger partial charge in [-0.1, -0.05) is 25.1 Å². The van der Waals surface area contributed by atoms with E-state index in [1.165, 1.54) is 0 Å². The second kappa shape index (κ2) is 7.91. The van der Waals surface area contributed by atoms with Crippen molar-refractivity contribution in [3.05, 3.63) is 54.1 Å². The molecule has 0 atom stereocenters. The number of amides is 3. The zero-order chi connectivity index (χ0) is 18.5. The third-order valence-electron chi connectivity index (χ3n) is 4.49. The maximum Gasteiger partial charge on any atom is 0.325 e. The van der Waals surface area contributed by atoms with Crippen molar-refractivity contribution in [1.29, 1.82) is 0 Å². The van der Waals surface area contributed by atoms with Crippen molar-refractivity contribution in [3.8, 4) is 5.75 Å². The molecule has 0 aliphatic carbocycles. The molecule has 0 aromatic heterocycles. The number of anilines is 2. The Hall–Kier alpha value is -3.02. The van der Waals surface area contributed by atoms with E-state index in [0.717, 1.165) is 29.1 Å². The van der Waals surface area contributed by atoms with E-state index in [2.05, 4.69) is 5.32 Å². The molecule has 136 valence electrons. The Morgan fingerprint density at radius 1 is 1.12 bits per heavy atom. The zero-order valence-electron chi connectivity index (χ0n) is 15.1. The number of aryl methyl sites for hydroxylation is 1. The molecular formula is C20H23N3O3. The Morgan fingerprint density at radius 3 is 2.54 bits per heavy atom. The van der Waals surface area contributed by atoms with Crippen molar-refractivity contribution in [2.24, 2.45) is 0 Å². The molecule has 1 aliphatic heterocycles. The lowest BCUT2D eigenvalue weighted by Gasteiger charge is -2.19. The largest absolute Gasteiger partial charge is 0.497 e. The monoisotopic (exact) mass is 353 g/mol. The predicted octanol–water partition coefficient (Wildman–Crippen LogP) is 3.14. The van der Waals surface area contributed by atoms with E-state index in [1.54, 1.807) is 16.9 Å². The number of carbonyl (C=O) groups is 2. The molecule has 1 fully saturated rings. The number of nitrogens with zero attached hydrogens (tertiary/aromatic N) is 2. The normalized spacial score (nSPS) is 13.8. The highest BCUT2D eigenvalue weighted by Gasteiger charge is 2.30. The van der Waals surface area contributed by atoms with E-state index < -0.39 is 0 Å². The fourth-order valence-corrected chi connectivity index (χ4v) is 3.04. The van der Waals surface area contributed by atoms with Gasteiger partial charge in [0.15, 0.2) is 0 Å². The molecule has 3 rings (SSSR count). The van der Waals surface area contributed by atoms with Gasteiger partial charge in [-0.05, 0) is 42.3 Å². The highest BCUT2D eigenvalue weighted by Crippen LogP contribution is 2.23. The van der Waals surface area contributed by atoms with Crippen LogP contribution in [0, 0.1) is 0 Å². The van der Waals surface area contributed by atoms with Crippen LogP contribution in [-0.2, 0) is 11.2 Å². The molecule has 1 aliphatic rings. The average molecular weight is 353 g/mol. The van der Waals surface area contributed by atoms with Crippen LogP contribution >= 0.6 is 0 Å². The molecule has 1 N–H and O–H groups in total. The van der Waals surface area contributed by atoms with Crippen LogP contribution in [0.25, 0.3) is 0 Å². The van der Waals surface area contributed by atoms with Crippen LogP contribution in [0.3, 0.4) is 0 Å². The molecule has 26 heavy (non-hydrogen) atoms. The standard InChI is InChI=1S/C20H23N3O3/c1-3-15-6-4-5-7-18(15)21-19(24)14-22-12-13-23(20(22)25)16-8-10-17(26-2)11-9-16/h4-11H,3,12-14H2,1-2H3,(H,21,24). The molecule has 2 aromatic carbocycles. The summed E-state index contributed by atoms with van der Waals surface area (Å²) < 4.78 is 5.14. The minimum atomic E-state index is -0.184. The zero-order valence-corrected chi connectivity index (χ0v) is 15.1. The van der Waals surface area contributed by atoms with Gasteiger partial charge in [-0.15, -0.1) is 0 Å². The molecule has 0 unspecified atom stereocenters. The highest BCUT2D eigenvalue weighted by molar-refractivity contribution is 5.99. The Morgan fingerprint density at radius 2 is 1.85 bits per heavy atom. The molecule has 1 saturated heterocycles. The molecular weight excluding hydrogens is 330 g/mol. The number of methoxy groups -OCH3 is 1. The van der Waals surface area contributed by atoms with E-state index in [9.17, 15) is 9.59 Å². The van der Waals surface area contributed by atoms with Crippen LogP contribution in [0.2, 0.25) is 0 Å². The first kappa shape index (κ1) is 17.8. The molecule has 0 saturated carbocycles. The van der Waals surface area contributed by atoms with Gasteiger partial charge in [0, 0.05) is 24.5 Å². The number of ether oxygens (including phenoxy) is 1. The van der Waals surface area contributed by atoms with Crippen molar-refractivity contribution in [1.82, 2.24) is 4.90 Å². The van der Waals surface area contributed by atoms with Crippen LogP contribution in [0.4, 0.5) is 16.2 Å². The molecule has 0 bridgehead atoms. The summed E-state index contributed by atoms with van der Waals surface area (Å²) in [6, 6.07) is 14.9. The third-order valence-corrected chi connectivity index (χ3v) is 4.49. The average Bonchev–Trinajstić information content (AvgIpc) is 3.02. The molecule has 0 radical (unpaired) electrons. The molecule has 1 heterocycles. The summed E-state index contributed by atoms with van der Waals surface area (Å²) in [4.78, 5) is 28.2. The van der Waals surface area contributed by atoms with Crippen LogP contribution in [0.15, 0.2) is 48.5 Å². The number of benzene rings is 2. The number of rotatable bonds is 6. The number of urea groups is 1. The summed E-state index contributed by atoms with van der Waals surface area (Å²) in [6.07, 6.45) is 0.838. The molecule has 3 amide bonds. The van der Waals surface area contributed by atoms with Crippen molar-refractivity contribution in [3.63, 3.8) is 0 Å². The number of para-hydroxylation sites is 1. The molecule has 6 nitrogen and oxygen atoms in total. The van der Waals surface area contributed by atoms with Crippen LogP contribution in [0.5, 0.6) is 5.75 Å². The summed E-state index contributed by atoms with van der Waals surface area (Å²) >= 11 is 0. The van der Waals surface area contributed by atoms with Gasteiger partial charge in [-0.2, -0.15) is 0 Å². The molecule has 0 spiro atoms. The topological polar surface area (TPSA) is 61.9 Å². The summed E-state index contributed by atoms with van der Waals surface area (Å²) in [5.74, 6) is 0.557. The predicted molar refractivity (Wildman–Crippen MR) is 102 cm³/mol. The van der Waals surface area contributed by atoms with E-state index in [4.69, 9.17) is 4.74 Å². The van der Waals surface area contributed by atoms with Gasteiger partial charge in [0.25, 0.3) is 0 Å². The highest BCUT2D eigenvalue weighted by atomic mass is 16.5. The van der Waals surface area contributed by atoms with Gasteiger partial charge in [0.1, 0.15) is 12.3 Å². The quantitative estimate of drug-likeness (QED) is 0.868. The number of hydrogen-bond acceptors (Lipinski definition) is 3. The van der Waals surface area contributed by atoms with Gasteiger partial charge < -0.3 is 15.0 Å². The fraction of sp³-hybridized carbons (Fsp3) is 0.300. The van der Waals surface area contributed by atoms with E-state index >= 15 is 0 Å². The lowest BCUT2D eigenvalue weighted by atomic mass is 10.1. The van der Waals surface area contributed by atoms with Gasteiger partial charge in [0.2, 0.25) is 5.91 Å². The van der Waals surface area contributed by atoms with Crippen molar-refractivity contribution in [2.45, 2.75) is 13.3 Å². The smallest absolute Gasteiger partial charge is 0.325 e. The molecule has 6 heteroatoms. The second-order valence-corrected chi connectivity index (χ2v) is 6.11. The van der Waals surface area contributed by atoms with Gasteiger partial charge in [-0.25, -0.2) is 4.79 Å². The number of carbonyl (C=O) groups excluding carboxylic acids is 2. The van der Waals surface area contributed by atoms with Crippen molar-refractivity contribution < 1.29 is 14.3 Å². The lowest BCUT2D eigenvalue weighted by Crippen LogP contribution is -2.37. The summed E-state index contributed by atoms with van der Waals surface area (Å²) in [5, 5.41) is 2.91. The second-order valence-electron chi connectivity index (χ2n) is 6.11. The Labute approximate surface area is 153 Å². The summed E-state index contributed by atoms with van der Waals surface area (Å²) in [6.45, 7) is 3.17. The maximum absolute atomic E-state index is 12.6. The summed E-state index contributed by atoms with van der Waals surface area (Å²) in [5.41, 5.74) is 2.68. The van der Waals surface area contributed by atoms with E-state index in [0.29, 0.717) is 13.1 Å². The number of nitrogens with one attached hydrogen (secondary N) is 1. The van der Waals surface area contributed by atoms with Crippen LogP contribution in [-0.4, -0.2) is 43.6 Å². The maximum atomic E-state index is 12.6. The Bertz CT molecular complexity index is 789. The Kier molecular flexibility index (Phi) is 5.41. The van der Waals surface area contributed by atoms with Gasteiger partial charge >= 0.3 is 6.03 Å². The van der Waals surface area contributed by atoms with Crippen LogP contribution < -0.4 is 15.0 Å². The Balaban J connectivity index is 1.62. The van der Waals surface area contributed by atoms with Gasteiger partial charge in [-0.3, -0.25) is 9.69 Å². The van der Waals surface area contributed by atoms with Gasteiger partial charge in [0.05, 0.1) is 7.11 Å². The van der Waals surface area contributed by atoms with E-state index in [1.807, 2.05) is 55.5 Å². The minimum absolute atomic E-state index is 0.0452. The summed E-state index contributed by atoms with van der Waals surface area (Å²) in [7, 11) is 1.60. The molecule has 2 aromatic rings. The number of hydrogen-bond donors (Lipinski definition) is 1. The first-order chi connectivity index (χ1) is 12.6. The fourth-order valence-electron chi connectivity index (χ4n) is 3.04.